The van der Waals surface area contributed by atoms with E-state index in [-0.39, 0.29) is 52.8 Å². The third kappa shape index (κ3) is 17.2. The molecule has 0 bridgehead atoms. The van der Waals surface area contributed by atoms with Gasteiger partial charge in [0, 0.05) is 0 Å². The van der Waals surface area contributed by atoms with Crippen LogP contribution >= 0.6 is 0 Å². The first kappa shape index (κ1) is 25.6. The van der Waals surface area contributed by atoms with Crippen LogP contribution in [0.3, 0.4) is 0 Å². The van der Waals surface area contributed by atoms with Gasteiger partial charge in [-0.3, -0.25) is 0 Å². The quantitative estimate of drug-likeness (QED) is 0.586. The summed E-state index contributed by atoms with van der Waals surface area (Å²) in [6, 6.07) is 0.656. The first-order valence-electron chi connectivity index (χ1n) is 4.80. The molecular weight excluding hydrogens is 409 g/mol. The molecule has 1 saturated carbocycles. The van der Waals surface area contributed by atoms with Crippen molar-refractivity contribution in [3.63, 3.8) is 0 Å². The molecule has 1 rings (SSSR count). The number of carbonyl (C=O) groups excluding carboxylic acids is 1. The summed E-state index contributed by atoms with van der Waals surface area (Å²) in [5.41, 5.74) is 0. The van der Waals surface area contributed by atoms with E-state index in [1.807, 2.05) is 7.05 Å². The zero-order valence-electron chi connectivity index (χ0n) is 10.6. The molecule has 0 aromatic heterocycles. The molecule has 0 aromatic rings. The van der Waals surface area contributed by atoms with Crippen LogP contribution in [0.2, 0.25) is 0 Å². The molecule has 0 unspecified atom stereocenters. The molecule has 1 fully saturated rings. The van der Waals surface area contributed by atoms with Crippen LogP contribution < -0.4 is 0 Å². The summed E-state index contributed by atoms with van der Waals surface area (Å²) in [5.74, 6) is 0.628. The second kappa shape index (κ2) is 15.8. The van der Waals surface area contributed by atoms with Crippen LogP contribution in [0.15, 0.2) is 0 Å². The fourth-order valence-electron chi connectivity index (χ4n) is 1.40. The number of hydrogen-bond donors (Lipinski definition) is 0. The standard InChI is InChI=1S/C8H15N.C3H5O.CH3.V.W/c1-7-3-5-8(9-2)6-4-7;1-3(2)4;;;/h7-8H,1,3-6H2,2H3;1H2,2H3;1H3;;/q-2;2*-1;2*+2. The Labute approximate surface area is 128 Å². The van der Waals surface area contributed by atoms with Crippen LogP contribution in [0.1, 0.15) is 32.6 Å². The van der Waals surface area contributed by atoms with Crippen LogP contribution in [0, 0.1) is 27.2 Å². The molecule has 0 amide bonds. The van der Waals surface area contributed by atoms with Gasteiger partial charge in [0.05, 0.1) is 0 Å². The molecule has 0 N–H and O–H groups in total. The van der Waals surface area contributed by atoms with Gasteiger partial charge in [-0.15, -0.1) is 6.04 Å². The van der Waals surface area contributed by atoms with E-state index in [0.29, 0.717) is 12.0 Å². The van der Waals surface area contributed by atoms with Crippen molar-refractivity contribution in [2.24, 2.45) is 5.92 Å². The minimum absolute atomic E-state index is 0. The number of nitrogens with zero attached hydrogens (tertiary/aromatic N) is 1. The molecule has 1 radical (unpaired) electrons. The van der Waals surface area contributed by atoms with Gasteiger partial charge in [0.1, 0.15) is 0 Å². The zero-order valence-corrected chi connectivity index (χ0v) is 14.9. The molecule has 1 aliphatic carbocycles. The van der Waals surface area contributed by atoms with Gasteiger partial charge in [0.15, 0.2) is 0 Å². The fourth-order valence-corrected chi connectivity index (χ4v) is 1.40. The number of rotatable bonds is 1. The van der Waals surface area contributed by atoms with Crippen LogP contribution in [0.25, 0.3) is 5.32 Å². The Morgan fingerprint density at radius 1 is 1.25 bits per heavy atom. The summed E-state index contributed by atoms with van der Waals surface area (Å²) in [5, 5.41) is 4.25. The molecule has 0 spiro atoms. The van der Waals surface area contributed by atoms with Crippen LogP contribution in [0.5, 0.6) is 0 Å². The fraction of sp³-hybridized carbons (Fsp3) is 0.667. The maximum absolute atomic E-state index is 9.33. The molecule has 0 atom stereocenters. The normalized spacial score (nSPS) is 22.2. The molecule has 0 aromatic carbocycles. The summed E-state index contributed by atoms with van der Waals surface area (Å²) in [6.45, 7) is 8.44. The summed E-state index contributed by atoms with van der Waals surface area (Å²) < 4.78 is 0. The van der Waals surface area contributed by atoms with E-state index < -0.39 is 0 Å². The number of hydrogen-bond acceptors (Lipinski definition) is 1. The van der Waals surface area contributed by atoms with E-state index in [9.17, 15) is 4.79 Å². The van der Waals surface area contributed by atoms with Crippen molar-refractivity contribution in [1.29, 1.82) is 0 Å². The van der Waals surface area contributed by atoms with Crippen molar-refractivity contribution in [1.82, 2.24) is 0 Å². The molecule has 2 nitrogen and oxygen atoms in total. The maximum Gasteiger partial charge on any atom is 2.00 e. The molecule has 4 heteroatoms. The number of ketones is 1. The molecule has 1 aliphatic rings. The molecule has 0 heterocycles. The SMILES string of the molecule is [CH2-]C(C)=O.[CH2-]C1CCC([N-]C)CC1.[CH3-].[V+2].[W+2]. The van der Waals surface area contributed by atoms with Crippen LogP contribution in [-0.4, -0.2) is 18.9 Å². The average Bonchev–Trinajstić information content (AvgIpc) is 2.05. The van der Waals surface area contributed by atoms with Gasteiger partial charge in [0.2, 0.25) is 0 Å². The van der Waals surface area contributed by atoms with Gasteiger partial charge < -0.3 is 31.4 Å². The van der Waals surface area contributed by atoms with Crippen LogP contribution in [-0.2, 0) is 44.4 Å². The van der Waals surface area contributed by atoms with E-state index in [1.54, 1.807) is 0 Å². The minimum atomic E-state index is -0.0833. The molecule has 0 aliphatic heterocycles. The van der Waals surface area contributed by atoms with Gasteiger partial charge >= 0.3 is 39.6 Å². The van der Waals surface area contributed by atoms with Gasteiger partial charge in [-0.25, -0.2) is 0 Å². The molecule has 16 heavy (non-hydrogen) atoms. The Kier molecular flexibility index (Phi) is 25.2. The average molecular weight is 432 g/mol. The van der Waals surface area contributed by atoms with Gasteiger partial charge in [-0.05, 0) is 12.7 Å². The van der Waals surface area contributed by atoms with Crippen LogP contribution in [0.4, 0.5) is 0 Å². The van der Waals surface area contributed by atoms with E-state index in [1.165, 1.54) is 32.6 Å². The van der Waals surface area contributed by atoms with Gasteiger partial charge in [0.25, 0.3) is 0 Å². The van der Waals surface area contributed by atoms with E-state index in [4.69, 9.17) is 0 Å². The second-order valence-electron chi connectivity index (χ2n) is 3.63. The number of Topliss-reactive ketones (excluding diaryl/α,β-unsaturated/α-hetero) is 1. The van der Waals surface area contributed by atoms with Crippen molar-refractivity contribution in [3.05, 3.63) is 26.6 Å². The van der Waals surface area contributed by atoms with Gasteiger partial charge in [-0.1, -0.05) is 25.7 Å². The van der Waals surface area contributed by atoms with E-state index in [2.05, 4.69) is 19.2 Å². The van der Waals surface area contributed by atoms with Crippen molar-refractivity contribution in [2.45, 2.75) is 38.6 Å². The summed E-state index contributed by atoms with van der Waals surface area (Å²) in [6.07, 6.45) is 5.10. The Balaban J connectivity index is -0.0000000921. The monoisotopic (exact) mass is 432 g/mol. The Hall–Kier alpha value is 0.773. The predicted octanol–water partition coefficient (Wildman–Crippen LogP) is 3.24. The maximum atomic E-state index is 9.33. The Morgan fingerprint density at radius 3 is 1.81 bits per heavy atom. The largest absolute Gasteiger partial charge is 2.00 e. The molecule has 93 valence electrons. The first-order chi connectivity index (χ1) is 6.06. The Morgan fingerprint density at radius 2 is 1.56 bits per heavy atom. The minimum Gasteiger partial charge on any atom is -0.662 e. The van der Waals surface area contributed by atoms with Crippen molar-refractivity contribution in [3.8, 4) is 0 Å². The zero-order chi connectivity index (χ0) is 10.3. The third-order valence-electron chi connectivity index (χ3n) is 2.18. The van der Waals surface area contributed by atoms with Crippen molar-refractivity contribution < 1.29 is 44.4 Å². The smallest absolute Gasteiger partial charge is 0.662 e. The summed E-state index contributed by atoms with van der Waals surface area (Å²) in [7, 11) is 1.92. The third-order valence-corrected chi connectivity index (χ3v) is 2.18. The summed E-state index contributed by atoms with van der Waals surface area (Å²) in [4.78, 5) is 9.33. The van der Waals surface area contributed by atoms with Crippen molar-refractivity contribution >= 4 is 5.78 Å². The Bertz CT molecular complexity index is 144. The van der Waals surface area contributed by atoms with Crippen molar-refractivity contribution in [2.75, 3.05) is 7.05 Å². The predicted molar refractivity (Wildman–Crippen MR) is 62.8 cm³/mol. The van der Waals surface area contributed by atoms with E-state index >= 15 is 0 Å². The second-order valence-corrected chi connectivity index (χ2v) is 3.63. The topological polar surface area (TPSA) is 31.2 Å². The first-order valence-corrected chi connectivity index (χ1v) is 4.80. The number of carbonyl (C=O) groups is 1. The summed E-state index contributed by atoms with van der Waals surface area (Å²) >= 11 is 0. The molecular formula is C12H23NOVW. The van der Waals surface area contributed by atoms with Gasteiger partial charge in [-0.2, -0.15) is 13.0 Å². The van der Waals surface area contributed by atoms with E-state index in [0.717, 1.165) is 0 Å². The molecule has 0 saturated heterocycles.